The number of hydrogen-bond acceptors (Lipinski definition) is 3. The van der Waals surface area contributed by atoms with E-state index in [4.69, 9.17) is 0 Å². The van der Waals surface area contributed by atoms with Crippen LogP contribution in [0.4, 0.5) is 13.2 Å². The highest BCUT2D eigenvalue weighted by Gasteiger charge is 2.30. The summed E-state index contributed by atoms with van der Waals surface area (Å²) < 4.78 is 39.2. The number of fused-ring (bicyclic) bond motifs is 1. The highest BCUT2D eigenvalue weighted by molar-refractivity contribution is 5.78. The van der Waals surface area contributed by atoms with Gasteiger partial charge in [-0.05, 0) is 29.8 Å². The van der Waals surface area contributed by atoms with Gasteiger partial charge in [0.05, 0.1) is 22.8 Å². The largest absolute Gasteiger partial charge is 0.416 e. The van der Waals surface area contributed by atoms with E-state index in [1.54, 1.807) is 24.3 Å². The molecule has 3 aromatic rings. The summed E-state index contributed by atoms with van der Waals surface area (Å²) in [6, 6.07) is 11.5. The zero-order chi connectivity index (χ0) is 18.7. The molecule has 8 heteroatoms. The van der Waals surface area contributed by atoms with Crippen LogP contribution in [-0.4, -0.2) is 15.5 Å². The zero-order valence-corrected chi connectivity index (χ0v) is 13.5. The van der Waals surface area contributed by atoms with E-state index in [2.05, 4.69) is 10.3 Å². The summed E-state index contributed by atoms with van der Waals surface area (Å²) >= 11 is 0. The SMILES string of the molecule is O=C(Cn1cnc2ccccc2c1=O)NCc1cccc(C(F)(F)F)c1. The van der Waals surface area contributed by atoms with Crippen molar-refractivity contribution in [2.45, 2.75) is 19.3 Å². The quantitative estimate of drug-likeness (QED) is 0.777. The van der Waals surface area contributed by atoms with Crippen LogP contribution >= 0.6 is 0 Å². The number of nitrogens with one attached hydrogen (secondary N) is 1. The monoisotopic (exact) mass is 361 g/mol. The van der Waals surface area contributed by atoms with Crippen molar-refractivity contribution in [2.75, 3.05) is 0 Å². The molecule has 26 heavy (non-hydrogen) atoms. The first kappa shape index (κ1) is 17.7. The molecule has 1 heterocycles. The van der Waals surface area contributed by atoms with Crippen molar-refractivity contribution >= 4 is 16.8 Å². The smallest absolute Gasteiger partial charge is 0.350 e. The van der Waals surface area contributed by atoms with Gasteiger partial charge in [0.2, 0.25) is 5.91 Å². The van der Waals surface area contributed by atoms with E-state index in [9.17, 15) is 22.8 Å². The summed E-state index contributed by atoms with van der Waals surface area (Å²) in [6.45, 7) is -0.339. The van der Waals surface area contributed by atoms with Crippen molar-refractivity contribution in [3.63, 3.8) is 0 Å². The summed E-state index contributed by atoms with van der Waals surface area (Å²) in [5, 5.41) is 2.90. The van der Waals surface area contributed by atoms with Gasteiger partial charge < -0.3 is 5.32 Å². The molecule has 0 radical (unpaired) electrons. The van der Waals surface area contributed by atoms with Crippen molar-refractivity contribution in [1.29, 1.82) is 0 Å². The van der Waals surface area contributed by atoms with Crippen molar-refractivity contribution < 1.29 is 18.0 Å². The van der Waals surface area contributed by atoms with Gasteiger partial charge in [0.25, 0.3) is 5.56 Å². The van der Waals surface area contributed by atoms with Gasteiger partial charge in [-0.3, -0.25) is 14.2 Å². The molecule has 0 saturated heterocycles. The number of aromatic nitrogens is 2. The summed E-state index contributed by atoms with van der Waals surface area (Å²) in [5.74, 6) is -0.499. The first-order chi connectivity index (χ1) is 12.3. The first-order valence-electron chi connectivity index (χ1n) is 7.71. The Morgan fingerprint density at radius 2 is 1.88 bits per heavy atom. The summed E-state index contributed by atoms with van der Waals surface area (Å²) in [4.78, 5) is 28.5. The summed E-state index contributed by atoms with van der Waals surface area (Å²) in [5.41, 5.74) is -0.292. The molecule has 134 valence electrons. The number of benzene rings is 2. The van der Waals surface area contributed by atoms with E-state index in [0.717, 1.165) is 16.7 Å². The molecule has 0 spiro atoms. The zero-order valence-electron chi connectivity index (χ0n) is 13.5. The van der Waals surface area contributed by atoms with Gasteiger partial charge in [0.1, 0.15) is 6.54 Å². The van der Waals surface area contributed by atoms with Crippen LogP contribution in [0.25, 0.3) is 10.9 Å². The van der Waals surface area contributed by atoms with E-state index < -0.39 is 17.6 Å². The van der Waals surface area contributed by atoms with E-state index >= 15 is 0 Å². The van der Waals surface area contributed by atoms with Crippen LogP contribution < -0.4 is 10.9 Å². The molecule has 5 nitrogen and oxygen atoms in total. The predicted octanol–water partition coefficient (Wildman–Crippen LogP) is 2.73. The second kappa shape index (κ2) is 6.99. The molecule has 0 aliphatic carbocycles. The normalized spacial score (nSPS) is 11.5. The van der Waals surface area contributed by atoms with Crippen molar-refractivity contribution in [3.8, 4) is 0 Å². The van der Waals surface area contributed by atoms with E-state index in [-0.39, 0.29) is 18.6 Å². The van der Waals surface area contributed by atoms with E-state index in [0.29, 0.717) is 16.5 Å². The number of rotatable bonds is 4. The molecule has 0 aliphatic heterocycles. The molecular formula is C18H14F3N3O2. The number of para-hydroxylation sites is 1. The van der Waals surface area contributed by atoms with Gasteiger partial charge in [-0.25, -0.2) is 4.98 Å². The number of nitrogens with zero attached hydrogens (tertiary/aromatic N) is 2. The second-order valence-electron chi connectivity index (χ2n) is 5.67. The Morgan fingerprint density at radius 1 is 1.12 bits per heavy atom. The third-order valence-corrected chi connectivity index (χ3v) is 3.79. The third-order valence-electron chi connectivity index (χ3n) is 3.79. The number of hydrogen-bond donors (Lipinski definition) is 1. The number of carbonyl (C=O) groups is 1. The lowest BCUT2D eigenvalue weighted by Gasteiger charge is -2.10. The minimum absolute atomic E-state index is 0.0709. The fourth-order valence-corrected chi connectivity index (χ4v) is 2.49. The van der Waals surface area contributed by atoms with Crippen LogP contribution in [0.3, 0.4) is 0 Å². The minimum atomic E-state index is -4.44. The van der Waals surface area contributed by atoms with Crippen LogP contribution in [0.2, 0.25) is 0 Å². The molecule has 2 aromatic carbocycles. The first-order valence-corrected chi connectivity index (χ1v) is 7.71. The summed E-state index contributed by atoms with van der Waals surface area (Å²) in [6.07, 6.45) is -3.17. The molecule has 0 aliphatic rings. The summed E-state index contributed by atoms with van der Waals surface area (Å²) in [7, 11) is 0. The standard InChI is InChI=1S/C18H14F3N3O2/c19-18(20,21)13-5-3-4-12(8-13)9-22-16(25)10-24-11-23-15-7-2-1-6-14(15)17(24)26/h1-8,11H,9-10H2,(H,22,25). The van der Waals surface area contributed by atoms with Crippen LogP contribution in [0.1, 0.15) is 11.1 Å². The lowest BCUT2D eigenvalue weighted by atomic mass is 10.1. The molecule has 0 saturated carbocycles. The Kier molecular flexibility index (Phi) is 4.75. The Bertz CT molecular complexity index is 1010. The Hall–Kier alpha value is -3.16. The molecule has 0 bridgehead atoms. The number of halogens is 3. The van der Waals surface area contributed by atoms with Crippen molar-refractivity contribution in [1.82, 2.24) is 14.9 Å². The molecule has 1 aromatic heterocycles. The molecule has 1 N–H and O–H groups in total. The predicted molar refractivity (Wildman–Crippen MR) is 89.3 cm³/mol. The highest BCUT2D eigenvalue weighted by Crippen LogP contribution is 2.29. The maximum Gasteiger partial charge on any atom is 0.416 e. The van der Waals surface area contributed by atoms with Crippen molar-refractivity contribution in [3.05, 3.63) is 76.3 Å². The van der Waals surface area contributed by atoms with Gasteiger partial charge in [-0.1, -0.05) is 24.3 Å². The lowest BCUT2D eigenvalue weighted by Crippen LogP contribution is -2.32. The van der Waals surface area contributed by atoms with Crippen LogP contribution in [0, 0.1) is 0 Å². The highest BCUT2D eigenvalue weighted by atomic mass is 19.4. The number of carbonyl (C=O) groups excluding carboxylic acids is 1. The van der Waals surface area contributed by atoms with E-state index in [1.807, 2.05) is 0 Å². The molecule has 1 amide bonds. The molecule has 0 unspecified atom stereocenters. The molecular weight excluding hydrogens is 347 g/mol. The van der Waals surface area contributed by atoms with Crippen molar-refractivity contribution in [2.24, 2.45) is 0 Å². The fourth-order valence-electron chi connectivity index (χ4n) is 2.49. The topological polar surface area (TPSA) is 64.0 Å². The van der Waals surface area contributed by atoms with Crippen LogP contribution in [-0.2, 0) is 24.1 Å². The second-order valence-corrected chi connectivity index (χ2v) is 5.67. The fraction of sp³-hybridized carbons (Fsp3) is 0.167. The van der Waals surface area contributed by atoms with Gasteiger partial charge >= 0.3 is 6.18 Å². The average molecular weight is 361 g/mol. The van der Waals surface area contributed by atoms with Crippen LogP contribution in [0.15, 0.2) is 59.7 Å². The Balaban J connectivity index is 1.69. The molecule has 0 atom stereocenters. The Labute approximate surface area is 146 Å². The number of alkyl halides is 3. The molecule has 0 fully saturated rings. The van der Waals surface area contributed by atoms with E-state index in [1.165, 1.54) is 18.5 Å². The minimum Gasteiger partial charge on any atom is -0.350 e. The van der Waals surface area contributed by atoms with Gasteiger partial charge in [0.15, 0.2) is 0 Å². The van der Waals surface area contributed by atoms with Gasteiger partial charge in [0, 0.05) is 6.54 Å². The Morgan fingerprint density at radius 3 is 2.65 bits per heavy atom. The van der Waals surface area contributed by atoms with Gasteiger partial charge in [-0.15, -0.1) is 0 Å². The van der Waals surface area contributed by atoms with Gasteiger partial charge in [-0.2, -0.15) is 13.2 Å². The number of amides is 1. The third kappa shape index (κ3) is 3.90. The van der Waals surface area contributed by atoms with Crippen LogP contribution in [0.5, 0.6) is 0 Å². The maximum absolute atomic E-state index is 12.7. The lowest BCUT2D eigenvalue weighted by molar-refractivity contribution is -0.137. The average Bonchev–Trinajstić information content (AvgIpc) is 2.62. The molecule has 3 rings (SSSR count). The maximum atomic E-state index is 12.7.